The molecule has 110 valence electrons. The molecule has 1 fully saturated rings. The lowest BCUT2D eigenvalue weighted by Crippen LogP contribution is -2.40. The Labute approximate surface area is 120 Å². The van der Waals surface area contributed by atoms with E-state index < -0.39 is 0 Å². The fourth-order valence-corrected chi connectivity index (χ4v) is 2.53. The molecule has 1 aliphatic heterocycles. The first-order valence-corrected chi connectivity index (χ1v) is 7.29. The maximum absolute atomic E-state index is 11.4. The van der Waals surface area contributed by atoms with Crippen LogP contribution in [-0.4, -0.2) is 30.0 Å². The van der Waals surface area contributed by atoms with Gasteiger partial charge in [-0.1, -0.05) is 19.9 Å². The van der Waals surface area contributed by atoms with Crippen molar-refractivity contribution < 1.29 is 4.79 Å². The largest absolute Gasteiger partial charge is 0.368 e. The van der Waals surface area contributed by atoms with Crippen molar-refractivity contribution in [1.82, 2.24) is 10.3 Å². The highest BCUT2D eigenvalue weighted by Gasteiger charge is 2.29. The lowest BCUT2D eigenvalue weighted by atomic mass is 10.2. The average Bonchev–Trinajstić information content (AvgIpc) is 2.88. The summed E-state index contributed by atoms with van der Waals surface area (Å²) in [4.78, 5) is 17.9. The van der Waals surface area contributed by atoms with Gasteiger partial charge in [0, 0.05) is 19.3 Å². The normalized spacial score (nSPS) is 18.8. The minimum absolute atomic E-state index is 0.201. The van der Waals surface area contributed by atoms with Crippen LogP contribution in [0.15, 0.2) is 18.3 Å². The number of amides is 1. The number of nitrogens with two attached hydrogens (primary N) is 1. The lowest BCUT2D eigenvalue weighted by molar-refractivity contribution is -0.119. The fourth-order valence-electron chi connectivity index (χ4n) is 2.53. The molecule has 1 saturated heterocycles. The van der Waals surface area contributed by atoms with E-state index in [1.165, 1.54) is 0 Å². The number of aromatic nitrogens is 1. The number of nitrogens with zero attached hydrogens (tertiary/aromatic N) is 2. The molecule has 0 saturated carbocycles. The van der Waals surface area contributed by atoms with E-state index in [9.17, 15) is 4.79 Å². The monoisotopic (exact) mass is 276 g/mol. The Morgan fingerprint density at radius 3 is 2.95 bits per heavy atom. The van der Waals surface area contributed by atoms with E-state index in [4.69, 9.17) is 5.73 Å². The minimum Gasteiger partial charge on any atom is -0.368 e. The van der Waals surface area contributed by atoms with Gasteiger partial charge in [-0.2, -0.15) is 0 Å². The molecule has 1 atom stereocenters. The van der Waals surface area contributed by atoms with Gasteiger partial charge in [0.2, 0.25) is 5.91 Å². The summed E-state index contributed by atoms with van der Waals surface area (Å²) in [5.74, 6) is 1.23. The van der Waals surface area contributed by atoms with Gasteiger partial charge in [-0.25, -0.2) is 4.98 Å². The highest BCUT2D eigenvalue weighted by molar-refractivity contribution is 5.83. The lowest BCUT2D eigenvalue weighted by Gasteiger charge is -2.23. The molecule has 1 amide bonds. The third-order valence-corrected chi connectivity index (χ3v) is 3.57. The van der Waals surface area contributed by atoms with Crippen molar-refractivity contribution in [3.8, 4) is 0 Å². The van der Waals surface area contributed by atoms with Gasteiger partial charge in [0.15, 0.2) is 0 Å². The van der Waals surface area contributed by atoms with E-state index in [-0.39, 0.29) is 11.9 Å². The van der Waals surface area contributed by atoms with Gasteiger partial charge in [-0.3, -0.25) is 4.79 Å². The van der Waals surface area contributed by atoms with Crippen LogP contribution in [-0.2, 0) is 11.3 Å². The molecule has 1 unspecified atom stereocenters. The molecule has 0 aliphatic carbocycles. The van der Waals surface area contributed by atoms with Crippen molar-refractivity contribution in [1.29, 1.82) is 0 Å². The first-order chi connectivity index (χ1) is 9.58. The van der Waals surface area contributed by atoms with E-state index in [2.05, 4.69) is 30.2 Å². The fraction of sp³-hybridized carbons (Fsp3) is 0.600. The van der Waals surface area contributed by atoms with Crippen molar-refractivity contribution in [3.63, 3.8) is 0 Å². The third kappa shape index (κ3) is 3.70. The number of hydrogen-bond acceptors (Lipinski definition) is 4. The number of rotatable bonds is 6. The van der Waals surface area contributed by atoms with Crippen LogP contribution in [0.5, 0.6) is 0 Å². The molecule has 5 nitrogen and oxygen atoms in total. The molecule has 3 N–H and O–H groups in total. The van der Waals surface area contributed by atoms with Gasteiger partial charge in [-0.15, -0.1) is 0 Å². The van der Waals surface area contributed by atoms with E-state index in [0.29, 0.717) is 5.92 Å². The number of carbonyl (C=O) groups is 1. The number of nitrogens with one attached hydrogen (secondary N) is 1. The molecule has 1 aromatic heterocycles. The number of anilines is 1. The third-order valence-electron chi connectivity index (χ3n) is 3.57. The molecule has 2 heterocycles. The van der Waals surface area contributed by atoms with Crippen LogP contribution in [0, 0.1) is 5.92 Å². The SMILES string of the molecule is CC(C)CNCc1ccc(N2CCCC2C(N)=O)nc1. The number of carbonyl (C=O) groups excluding carboxylic acids is 1. The van der Waals surface area contributed by atoms with Crippen LogP contribution in [0.25, 0.3) is 0 Å². The van der Waals surface area contributed by atoms with Gasteiger partial charge in [0.25, 0.3) is 0 Å². The average molecular weight is 276 g/mol. The highest BCUT2D eigenvalue weighted by Crippen LogP contribution is 2.23. The van der Waals surface area contributed by atoms with Crippen LogP contribution in [0.3, 0.4) is 0 Å². The molecular weight excluding hydrogens is 252 g/mol. The molecule has 0 bridgehead atoms. The molecule has 1 aliphatic rings. The van der Waals surface area contributed by atoms with Crippen LogP contribution in [0.1, 0.15) is 32.3 Å². The molecule has 0 aromatic carbocycles. The summed E-state index contributed by atoms with van der Waals surface area (Å²) in [7, 11) is 0. The Morgan fingerprint density at radius 2 is 2.35 bits per heavy atom. The minimum atomic E-state index is -0.257. The van der Waals surface area contributed by atoms with Crippen molar-refractivity contribution in [2.75, 3.05) is 18.0 Å². The van der Waals surface area contributed by atoms with Crippen LogP contribution in [0.2, 0.25) is 0 Å². The maximum atomic E-state index is 11.4. The predicted octanol–water partition coefficient (Wildman–Crippen LogP) is 1.28. The molecule has 0 radical (unpaired) electrons. The number of pyridine rings is 1. The summed E-state index contributed by atoms with van der Waals surface area (Å²) in [5.41, 5.74) is 6.59. The van der Waals surface area contributed by atoms with E-state index in [1.807, 2.05) is 17.2 Å². The zero-order chi connectivity index (χ0) is 14.5. The Kier molecular flexibility index (Phi) is 4.95. The van der Waals surface area contributed by atoms with E-state index in [1.54, 1.807) is 0 Å². The Morgan fingerprint density at radius 1 is 1.55 bits per heavy atom. The molecule has 1 aromatic rings. The van der Waals surface area contributed by atoms with Crippen molar-refractivity contribution in [2.24, 2.45) is 11.7 Å². The van der Waals surface area contributed by atoms with E-state index >= 15 is 0 Å². The number of primary amides is 1. The highest BCUT2D eigenvalue weighted by atomic mass is 16.1. The summed E-state index contributed by atoms with van der Waals surface area (Å²) >= 11 is 0. The van der Waals surface area contributed by atoms with E-state index in [0.717, 1.165) is 43.9 Å². The summed E-state index contributed by atoms with van der Waals surface area (Å²) in [6, 6.07) is 3.84. The van der Waals surface area contributed by atoms with Crippen molar-refractivity contribution >= 4 is 11.7 Å². The van der Waals surface area contributed by atoms with Gasteiger partial charge >= 0.3 is 0 Å². The van der Waals surface area contributed by atoms with Crippen molar-refractivity contribution in [2.45, 2.75) is 39.3 Å². The first kappa shape index (κ1) is 14.8. The van der Waals surface area contributed by atoms with Crippen LogP contribution in [0.4, 0.5) is 5.82 Å². The summed E-state index contributed by atoms with van der Waals surface area (Å²) in [6.45, 7) is 7.05. The standard InChI is InChI=1S/C15H24N4O/c1-11(2)8-17-9-12-5-6-14(18-10-12)19-7-3-4-13(19)15(16)20/h5-6,10-11,13,17H,3-4,7-9H2,1-2H3,(H2,16,20). The Bertz CT molecular complexity index is 444. The van der Waals surface area contributed by atoms with Crippen LogP contribution < -0.4 is 16.0 Å². The van der Waals surface area contributed by atoms with Crippen molar-refractivity contribution in [3.05, 3.63) is 23.9 Å². The zero-order valence-electron chi connectivity index (χ0n) is 12.3. The quantitative estimate of drug-likeness (QED) is 0.821. The van der Waals surface area contributed by atoms with Crippen LogP contribution >= 0.6 is 0 Å². The Hall–Kier alpha value is -1.62. The topological polar surface area (TPSA) is 71.2 Å². The second kappa shape index (κ2) is 6.70. The predicted molar refractivity (Wildman–Crippen MR) is 80.3 cm³/mol. The first-order valence-electron chi connectivity index (χ1n) is 7.29. The maximum Gasteiger partial charge on any atom is 0.240 e. The molecule has 5 heteroatoms. The molecular formula is C15H24N4O. The second-order valence-electron chi connectivity index (χ2n) is 5.80. The number of hydrogen-bond donors (Lipinski definition) is 2. The summed E-state index contributed by atoms with van der Waals surface area (Å²) < 4.78 is 0. The van der Waals surface area contributed by atoms with Gasteiger partial charge in [0.05, 0.1) is 0 Å². The Balaban J connectivity index is 1.95. The smallest absolute Gasteiger partial charge is 0.240 e. The summed E-state index contributed by atoms with van der Waals surface area (Å²) in [5, 5.41) is 3.39. The molecule has 20 heavy (non-hydrogen) atoms. The molecule has 2 rings (SSSR count). The van der Waals surface area contributed by atoms with Gasteiger partial charge in [0.1, 0.15) is 11.9 Å². The zero-order valence-corrected chi connectivity index (χ0v) is 12.3. The second-order valence-corrected chi connectivity index (χ2v) is 5.80. The van der Waals surface area contributed by atoms with Gasteiger partial charge in [-0.05, 0) is 36.9 Å². The van der Waals surface area contributed by atoms with Gasteiger partial charge < -0.3 is 16.0 Å². The molecule has 0 spiro atoms. The summed E-state index contributed by atoms with van der Waals surface area (Å²) in [6.07, 6.45) is 3.70.